The van der Waals surface area contributed by atoms with Crippen LogP contribution in [0, 0.1) is 0 Å². The topological polar surface area (TPSA) is 43.9 Å². The van der Waals surface area contributed by atoms with Crippen molar-refractivity contribution in [2.75, 3.05) is 32.7 Å². The minimum Gasteiger partial charge on any atom is -0.332 e. The molecule has 0 radical (unpaired) electrons. The zero-order valence-electron chi connectivity index (χ0n) is 14.5. The van der Waals surface area contributed by atoms with Crippen LogP contribution in [0.15, 0.2) is 42.5 Å². The van der Waals surface area contributed by atoms with Gasteiger partial charge >= 0.3 is 0 Å². The number of nitrogens with zero attached hydrogens (tertiary/aromatic N) is 3. The average molecular weight is 337 g/mol. The normalized spacial score (nSPS) is 21.7. The molecule has 5 nitrogen and oxygen atoms in total. The van der Waals surface area contributed by atoms with Crippen LogP contribution in [-0.2, 0) is 16.1 Å². The van der Waals surface area contributed by atoms with E-state index in [4.69, 9.17) is 0 Å². The van der Waals surface area contributed by atoms with Gasteiger partial charge in [0.25, 0.3) is 0 Å². The first-order chi connectivity index (χ1) is 12.2. The van der Waals surface area contributed by atoms with E-state index in [0.717, 1.165) is 13.1 Å². The molecule has 4 rings (SSSR count). The first-order valence-corrected chi connectivity index (χ1v) is 8.94. The van der Waals surface area contributed by atoms with Crippen molar-refractivity contribution >= 4 is 22.6 Å². The molecular weight excluding hydrogens is 314 g/mol. The van der Waals surface area contributed by atoms with Crippen LogP contribution in [0.1, 0.15) is 12.5 Å². The van der Waals surface area contributed by atoms with Crippen molar-refractivity contribution in [1.82, 2.24) is 14.7 Å². The number of hydrogen-bond donors (Lipinski definition) is 0. The highest BCUT2D eigenvalue weighted by Gasteiger charge is 2.41. The molecule has 0 bridgehead atoms. The average Bonchev–Trinajstić information content (AvgIpc) is 2.64. The lowest BCUT2D eigenvalue weighted by Crippen LogP contribution is -2.66. The van der Waals surface area contributed by atoms with Gasteiger partial charge in [0.2, 0.25) is 11.8 Å². The van der Waals surface area contributed by atoms with Gasteiger partial charge in [0, 0.05) is 32.7 Å². The molecule has 2 amide bonds. The van der Waals surface area contributed by atoms with E-state index in [1.165, 1.54) is 16.3 Å². The van der Waals surface area contributed by atoms with Crippen molar-refractivity contribution in [3.05, 3.63) is 48.0 Å². The molecule has 2 saturated heterocycles. The van der Waals surface area contributed by atoms with E-state index in [1.54, 1.807) is 9.80 Å². The molecule has 0 saturated carbocycles. The fraction of sp³-hybridized carbons (Fsp3) is 0.400. The molecule has 1 unspecified atom stereocenters. The minimum atomic E-state index is -0.324. The van der Waals surface area contributed by atoms with Crippen LogP contribution in [0.3, 0.4) is 0 Å². The number of hydrogen-bond acceptors (Lipinski definition) is 3. The highest BCUT2D eigenvalue weighted by molar-refractivity contribution is 5.95. The summed E-state index contributed by atoms with van der Waals surface area (Å²) in [6.45, 7) is 5.64. The molecule has 0 aliphatic carbocycles. The molecule has 2 heterocycles. The highest BCUT2D eigenvalue weighted by atomic mass is 16.2. The highest BCUT2D eigenvalue weighted by Crippen LogP contribution is 2.21. The minimum absolute atomic E-state index is 0.0804. The molecule has 2 aromatic carbocycles. The number of carbonyl (C=O) groups excluding carboxylic acids is 2. The van der Waals surface area contributed by atoms with Crippen molar-refractivity contribution < 1.29 is 9.59 Å². The van der Waals surface area contributed by atoms with Crippen molar-refractivity contribution in [3.8, 4) is 0 Å². The molecule has 2 aliphatic rings. The summed E-state index contributed by atoms with van der Waals surface area (Å²) in [5.41, 5.74) is 1.24. The molecule has 25 heavy (non-hydrogen) atoms. The van der Waals surface area contributed by atoms with Gasteiger partial charge in [-0.3, -0.25) is 14.5 Å². The van der Waals surface area contributed by atoms with Crippen LogP contribution in [-0.4, -0.2) is 65.3 Å². The van der Waals surface area contributed by atoms with E-state index in [1.807, 2.05) is 13.0 Å². The van der Waals surface area contributed by atoms with Gasteiger partial charge in [0.1, 0.15) is 6.04 Å². The van der Waals surface area contributed by atoms with E-state index < -0.39 is 0 Å². The lowest BCUT2D eigenvalue weighted by atomic mass is 10.0. The fourth-order valence-electron chi connectivity index (χ4n) is 3.90. The Balaban J connectivity index is 1.50. The van der Waals surface area contributed by atoms with Crippen LogP contribution in [0.2, 0.25) is 0 Å². The van der Waals surface area contributed by atoms with E-state index in [-0.39, 0.29) is 24.4 Å². The second kappa shape index (κ2) is 6.48. The predicted octanol–water partition coefficient (Wildman–Crippen LogP) is 1.71. The number of amides is 2. The van der Waals surface area contributed by atoms with Crippen LogP contribution in [0.25, 0.3) is 10.8 Å². The first kappa shape index (κ1) is 16.1. The zero-order valence-corrected chi connectivity index (χ0v) is 14.5. The SMILES string of the molecule is CCN1CC(=O)N2CCN(Cc3ccc4ccccc4c3)CC2C1=O. The van der Waals surface area contributed by atoms with Gasteiger partial charge in [-0.2, -0.15) is 0 Å². The third-order valence-electron chi connectivity index (χ3n) is 5.31. The molecule has 130 valence electrons. The van der Waals surface area contributed by atoms with Crippen molar-refractivity contribution in [3.63, 3.8) is 0 Å². The van der Waals surface area contributed by atoms with Crippen molar-refractivity contribution in [1.29, 1.82) is 0 Å². The second-order valence-electron chi connectivity index (χ2n) is 6.87. The van der Waals surface area contributed by atoms with Crippen molar-refractivity contribution in [2.24, 2.45) is 0 Å². The van der Waals surface area contributed by atoms with Gasteiger partial charge in [-0.05, 0) is 29.3 Å². The Hall–Kier alpha value is -2.40. The summed E-state index contributed by atoms with van der Waals surface area (Å²) < 4.78 is 0. The summed E-state index contributed by atoms with van der Waals surface area (Å²) >= 11 is 0. The van der Waals surface area contributed by atoms with E-state index in [9.17, 15) is 9.59 Å². The van der Waals surface area contributed by atoms with Gasteiger partial charge in [-0.25, -0.2) is 0 Å². The van der Waals surface area contributed by atoms with Crippen LogP contribution in [0.5, 0.6) is 0 Å². The van der Waals surface area contributed by atoms with Gasteiger partial charge in [0.05, 0.1) is 6.54 Å². The predicted molar refractivity (Wildman–Crippen MR) is 97.0 cm³/mol. The van der Waals surface area contributed by atoms with E-state index in [0.29, 0.717) is 19.6 Å². The molecule has 2 aliphatic heterocycles. The summed E-state index contributed by atoms with van der Waals surface area (Å²) in [6, 6.07) is 14.5. The maximum atomic E-state index is 12.6. The maximum absolute atomic E-state index is 12.6. The Morgan fingerprint density at radius 1 is 1.04 bits per heavy atom. The Kier molecular flexibility index (Phi) is 4.17. The van der Waals surface area contributed by atoms with Gasteiger partial charge in [0.15, 0.2) is 0 Å². The standard InChI is InChI=1S/C20H23N3O2/c1-2-22-14-19(24)23-10-9-21(13-18(23)20(22)25)12-15-7-8-16-5-3-4-6-17(16)11-15/h3-8,11,18H,2,9-10,12-14H2,1H3. The molecule has 1 atom stereocenters. The monoisotopic (exact) mass is 337 g/mol. The zero-order chi connectivity index (χ0) is 17.4. The summed E-state index contributed by atoms with van der Waals surface area (Å²) in [4.78, 5) is 30.6. The number of likely N-dealkylation sites (N-methyl/N-ethyl adjacent to an activating group) is 1. The van der Waals surface area contributed by atoms with Gasteiger partial charge < -0.3 is 9.80 Å². The lowest BCUT2D eigenvalue weighted by Gasteiger charge is -2.46. The maximum Gasteiger partial charge on any atom is 0.247 e. The van der Waals surface area contributed by atoms with Crippen LogP contribution >= 0.6 is 0 Å². The first-order valence-electron chi connectivity index (χ1n) is 8.94. The smallest absolute Gasteiger partial charge is 0.247 e. The summed E-state index contributed by atoms with van der Waals surface area (Å²) in [7, 11) is 0. The quantitative estimate of drug-likeness (QED) is 0.856. The molecule has 5 heteroatoms. The number of fused-ring (bicyclic) bond motifs is 2. The molecule has 2 fully saturated rings. The molecule has 0 aromatic heterocycles. The number of carbonyl (C=O) groups is 2. The largest absolute Gasteiger partial charge is 0.332 e. The summed E-state index contributed by atoms with van der Waals surface area (Å²) in [5, 5.41) is 2.47. The number of piperazine rings is 2. The third kappa shape index (κ3) is 3.00. The number of rotatable bonds is 3. The summed E-state index contributed by atoms with van der Waals surface area (Å²) in [6.07, 6.45) is 0. The van der Waals surface area contributed by atoms with E-state index in [2.05, 4.69) is 41.3 Å². The summed E-state index contributed by atoms with van der Waals surface area (Å²) in [5.74, 6) is 0.169. The van der Waals surface area contributed by atoms with Crippen LogP contribution in [0.4, 0.5) is 0 Å². The van der Waals surface area contributed by atoms with Crippen LogP contribution < -0.4 is 0 Å². The molecular formula is C20H23N3O2. The lowest BCUT2D eigenvalue weighted by molar-refractivity contribution is -0.159. The Morgan fingerprint density at radius 3 is 2.64 bits per heavy atom. The Morgan fingerprint density at radius 2 is 1.84 bits per heavy atom. The third-order valence-corrected chi connectivity index (χ3v) is 5.31. The number of benzene rings is 2. The Labute approximate surface area is 147 Å². The van der Waals surface area contributed by atoms with Gasteiger partial charge in [-0.1, -0.05) is 36.4 Å². The Bertz CT molecular complexity index is 819. The molecule has 0 N–H and O–H groups in total. The van der Waals surface area contributed by atoms with Gasteiger partial charge in [-0.15, -0.1) is 0 Å². The fourth-order valence-corrected chi connectivity index (χ4v) is 3.90. The van der Waals surface area contributed by atoms with Crippen molar-refractivity contribution in [2.45, 2.75) is 19.5 Å². The second-order valence-corrected chi connectivity index (χ2v) is 6.87. The van der Waals surface area contributed by atoms with E-state index >= 15 is 0 Å². The molecule has 0 spiro atoms. The molecule has 2 aromatic rings.